The number of likely N-dealkylation sites (N-methyl/N-ethyl adjacent to an activating group) is 1. The van der Waals surface area contributed by atoms with Crippen molar-refractivity contribution in [3.63, 3.8) is 0 Å². The minimum Gasteiger partial charge on any atom is -0.382 e. The second kappa shape index (κ2) is 6.17. The molecule has 0 aromatic heterocycles. The van der Waals surface area contributed by atoms with E-state index >= 15 is 0 Å². The van der Waals surface area contributed by atoms with Crippen LogP contribution >= 0.6 is 0 Å². The summed E-state index contributed by atoms with van der Waals surface area (Å²) in [6, 6.07) is 0. The molecule has 1 unspecified atom stereocenters. The first kappa shape index (κ1) is 12.7. The van der Waals surface area contributed by atoms with Crippen molar-refractivity contribution in [1.29, 1.82) is 0 Å². The first-order valence-electron chi connectivity index (χ1n) is 3.81. The van der Waals surface area contributed by atoms with E-state index in [1.807, 2.05) is 0 Å². The van der Waals surface area contributed by atoms with Crippen molar-refractivity contribution in [3.8, 4) is 0 Å². The van der Waals surface area contributed by atoms with Crippen LogP contribution in [0.1, 0.15) is 0 Å². The van der Waals surface area contributed by atoms with Crippen molar-refractivity contribution >= 4 is 0 Å². The van der Waals surface area contributed by atoms with Crippen molar-refractivity contribution < 1.29 is 22.6 Å². The van der Waals surface area contributed by atoms with Crippen molar-refractivity contribution in [1.82, 2.24) is 5.32 Å². The van der Waals surface area contributed by atoms with Crippen LogP contribution in [-0.4, -0.2) is 46.2 Å². The summed E-state index contributed by atoms with van der Waals surface area (Å²) in [5, 5.41) is 2.72. The molecule has 0 amide bonds. The number of halogens is 3. The second-order valence-corrected chi connectivity index (χ2v) is 2.56. The molecule has 0 rings (SSSR count). The van der Waals surface area contributed by atoms with Gasteiger partial charge in [0.15, 0.2) is 0 Å². The molecule has 0 heterocycles. The molecule has 0 aliphatic heterocycles. The van der Waals surface area contributed by atoms with Gasteiger partial charge >= 0.3 is 6.18 Å². The zero-order chi connectivity index (χ0) is 10.3. The number of hydrogen-bond acceptors (Lipinski definition) is 3. The van der Waals surface area contributed by atoms with E-state index < -0.39 is 18.9 Å². The van der Waals surface area contributed by atoms with Crippen LogP contribution in [0.5, 0.6) is 0 Å². The van der Waals surface area contributed by atoms with Gasteiger partial charge in [-0.1, -0.05) is 0 Å². The Kier molecular flexibility index (Phi) is 6.02. The summed E-state index contributed by atoms with van der Waals surface area (Å²) in [6.45, 7) is -0.746. The molecule has 0 radical (unpaired) electrons. The predicted molar refractivity (Wildman–Crippen MR) is 41.6 cm³/mol. The number of alkyl halides is 3. The molecule has 13 heavy (non-hydrogen) atoms. The first-order chi connectivity index (χ1) is 5.99. The lowest BCUT2D eigenvalue weighted by molar-refractivity contribution is -0.188. The van der Waals surface area contributed by atoms with Gasteiger partial charge in [0.05, 0.1) is 12.7 Å². The average Bonchev–Trinajstić information content (AvgIpc) is 2.00. The van der Waals surface area contributed by atoms with E-state index in [1.165, 1.54) is 7.11 Å². The lowest BCUT2D eigenvalue weighted by atomic mass is 10.4. The van der Waals surface area contributed by atoms with Gasteiger partial charge in [-0.25, -0.2) is 0 Å². The molecule has 1 N–H and O–H groups in total. The minimum atomic E-state index is -4.28. The van der Waals surface area contributed by atoms with Crippen molar-refractivity contribution in [2.75, 3.05) is 33.9 Å². The third-order valence-corrected chi connectivity index (χ3v) is 1.27. The maximum absolute atomic E-state index is 11.7. The van der Waals surface area contributed by atoms with Crippen LogP contribution in [0.2, 0.25) is 0 Å². The fourth-order valence-electron chi connectivity index (χ4n) is 0.792. The molecule has 6 heteroatoms. The van der Waals surface area contributed by atoms with Gasteiger partial charge in [-0.15, -0.1) is 0 Å². The molecular formula is C7H14F3NO2. The summed E-state index contributed by atoms with van der Waals surface area (Å²) in [4.78, 5) is 0. The molecule has 0 bridgehead atoms. The third-order valence-electron chi connectivity index (χ3n) is 1.27. The smallest absolute Gasteiger partial charge is 0.382 e. The molecule has 0 saturated carbocycles. The second-order valence-electron chi connectivity index (χ2n) is 2.56. The highest BCUT2D eigenvalue weighted by Gasteiger charge is 2.29. The Bertz CT molecular complexity index is 123. The van der Waals surface area contributed by atoms with E-state index in [4.69, 9.17) is 0 Å². The van der Waals surface area contributed by atoms with Crippen LogP contribution in [-0.2, 0) is 9.47 Å². The first-order valence-corrected chi connectivity index (χ1v) is 3.81. The van der Waals surface area contributed by atoms with Gasteiger partial charge in [-0.3, -0.25) is 0 Å². The molecule has 0 aliphatic rings. The van der Waals surface area contributed by atoms with E-state index in [1.54, 1.807) is 7.05 Å². The van der Waals surface area contributed by atoms with Gasteiger partial charge in [0.1, 0.15) is 6.61 Å². The molecule has 0 fully saturated rings. The van der Waals surface area contributed by atoms with E-state index in [2.05, 4.69) is 14.8 Å². The van der Waals surface area contributed by atoms with Gasteiger partial charge in [-0.05, 0) is 7.05 Å². The SMILES string of the molecule is CNCC(COC)OCC(F)(F)F. The number of nitrogens with one attached hydrogen (secondary N) is 1. The molecule has 0 aromatic rings. The lowest BCUT2D eigenvalue weighted by Crippen LogP contribution is -2.33. The van der Waals surface area contributed by atoms with Gasteiger partial charge in [-0.2, -0.15) is 13.2 Å². The van der Waals surface area contributed by atoms with Crippen LogP contribution in [0.4, 0.5) is 13.2 Å². The maximum Gasteiger partial charge on any atom is 0.411 e. The van der Waals surface area contributed by atoms with Crippen molar-refractivity contribution in [2.45, 2.75) is 12.3 Å². The summed E-state index contributed by atoms with van der Waals surface area (Å²) >= 11 is 0. The molecule has 0 saturated heterocycles. The molecule has 1 atom stereocenters. The highest BCUT2D eigenvalue weighted by Crippen LogP contribution is 2.15. The normalized spacial score (nSPS) is 14.5. The Hall–Kier alpha value is -0.330. The fourth-order valence-corrected chi connectivity index (χ4v) is 0.792. The zero-order valence-corrected chi connectivity index (χ0v) is 7.65. The van der Waals surface area contributed by atoms with Gasteiger partial charge < -0.3 is 14.8 Å². The predicted octanol–water partition coefficient (Wildman–Crippen LogP) is 0.800. The van der Waals surface area contributed by atoms with Crippen LogP contribution < -0.4 is 5.32 Å². The number of methoxy groups -OCH3 is 1. The average molecular weight is 201 g/mol. The van der Waals surface area contributed by atoms with Crippen LogP contribution in [0.25, 0.3) is 0 Å². The quantitative estimate of drug-likeness (QED) is 0.689. The maximum atomic E-state index is 11.7. The Labute approximate surface area is 75.2 Å². The standard InChI is InChI=1S/C7H14F3NO2/c1-11-3-6(4-12-2)13-5-7(8,9)10/h6,11H,3-5H2,1-2H3. The topological polar surface area (TPSA) is 30.5 Å². The lowest BCUT2D eigenvalue weighted by Gasteiger charge is -2.17. The van der Waals surface area contributed by atoms with E-state index in [0.717, 1.165) is 0 Å². The largest absolute Gasteiger partial charge is 0.411 e. The fraction of sp³-hybridized carbons (Fsp3) is 1.00. The molecule has 0 spiro atoms. The number of rotatable bonds is 6. The Morgan fingerprint density at radius 2 is 2.00 bits per heavy atom. The van der Waals surface area contributed by atoms with Crippen molar-refractivity contribution in [2.24, 2.45) is 0 Å². The van der Waals surface area contributed by atoms with Crippen LogP contribution in [0.3, 0.4) is 0 Å². The van der Waals surface area contributed by atoms with Gasteiger partial charge in [0.25, 0.3) is 0 Å². The van der Waals surface area contributed by atoms with Crippen LogP contribution in [0, 0.1) is 0 Å². The highest BCUT2D eigenvalue weighted by atomic mass is 19.4. The number of ether oxygens (including phenoxy) is 2. The monoisotopic (exact) mass is 201 g/mol. The summed E-state index contributed by atoms with van der Waals surface area (Å²) in [5.74, 6) is 0. The summed E-state index contributed by atoms with van der Waals surface area (Å²) < 4.78 is 44.4. The van der Waals surface area contributed by atoms with E-state index in [0.29, 0.717) is 6.54 Å². The summed E-state index contributed by atoms with van der Waals surface area (Å²) in [7, 11) is 3.05. The van der Waals surface area contributed by atoms with Gasteiger partial charge in [0, 0.05) is 13.7 Å². The van der Waals surface area contributed by atoms with E-state index in [-0.39, 0.29) is 6.61 Å². The third kappa shape index (κ3) is 8.01. The van der Waals surface area contributed by atoms with Crippen molar-refractivity contribution in [3.05, 3.63) is 0 Å². The molecule has 80 valence electrons. The molecule has 0 aromatic carbocycles. The minimum absolute atomic E-state index is 0.150. The Morgan fingerprint density at radius 1 is 1.38 bits per heavy atom. The Balaban J connectivity index is 3.68. The Morgan fingerprint density at radius 3 is 2.38 bits per heavy atom. The highest BCUT2D eigenvalue weighted by molar-refractivity contribution is 4.60. The zero-order valence-electron chi connectivity index (χ0n) is 7.65. The molecule has 3 nitrogen and oxygen atoms in total. The number of hydrogen-bond donors (Lipinski definition) is 1. The van der Waals surface area contributed by atoms with Gasteiger partial charge in [0.2, 0.25) is 0 Å². The summed E-state index contributed by atoms with van der Waals surface area (Å²) in [6.07, 6.45) is -4.84. The molecule has 0 aliphatic carbocycles. The molecular weight excluding hydrogens is 187 g/mol. The van der Waals surface area contributed by atoms with E-state index in [9.17, 15) is 13.2 Å². The van der Waals surface area contributed by atoms with Crippen LogP contribution in [0.15, 0.2) is 0 Å². The summed E-state index contributed by atoms with van der Waals surface area (Å²) in [5.41, 5.74) is 0.